The molecule has 3 aromatic carbocycles. The van der Waals surface area contributed by atoms with Crippen molar-refractivity contribution in [1.82, 2.24) is 19.8 Å². The van der Waals surface area contributed by atoms with Gasteiger partial charge in [-0.1, -0.05) is 38.1 Å². The summed E-state index contributed by atoms with van der Waals surface area (Å²) in [6.45, 7) is 10.9. The Morgan fingerprint density at radius 3 is 2.19 bits per heavy atom. The highest BCUT2D eigenvalue weighted by Crippen LogP contribution is 2.35. The Kier molecular flexibility index (Phi) is 18.6. The Bertz CT molecular complexity index is 2900. The molecule has 72 heavy (non-hydrogen) atoms. The third-order valence-electron chi connectivity index (χ3n) is 11.7. The van der Waals surface area contributed by atoms with E-state index in [0.717, 1.165) is 12.8 Å². The number of hydrogen-bond donors (Lipinski definition) is 4. The number of halogens is 4. The molecule has 2 heterocycles. The molecule has 0 aliphatic carbocycles. The number of hydrogen-bond acceptors (Lipinski definition) is 12. The van der Waals surface area contributed by atoms with Gasteiger partial charge in [0.25, 0.3) is 5.91 Å². The second kappa shape index (κ2) is 23.6. The smallest absolute Gasteiger partial charge is 0.335 e. The number of amides is 3. The van der Waals surface area contributed by atoms with Gasteiger partial charge in [0.1, 0.15) is 5.84 Å². The van der Waals surface area contributed by atoms with Gasteiger partial charge in [-0.15, -0.1) is 0 Å². The summed E-state index contributed by atoms with van der Waals surface area (Å²) in [5.41, 5.74) is 6.71. The second-order valence-electron chi connectivity index (χ2n) is 18.6. The first-order chi connectivity index (χ1) is 33.6. The predicted octanol–water partition coefficient (Wildman–Crippen LogP) is 6.00. The van der Waals surface area contributed by atoms with Crippen LogP contribution in [0.1, 0.15) is 85.6 Å². The lowest BCUT2D eigenvalue weighted by Crippen LogP contribution is -2.55. The van der Waals surface area contributed by atoms with Crippen LogP contribution >= 0.6 is 0 Å². The van der Waals surface area contributed by atoms with E-state index in [1.54, 1.807) is 55.2 Å². The fraction of sp³-hybridized carbons (Fsp3) is 0.449. The van der Waals surface area contributed by atoms with Crippen LogP contribution in [-0.4, -0.2) is 111 Å². The molecular weight excluding hydrogens is 989 g/mol. The Morgan fingerprint density at radius 1 is 0.931 bits per heavy atom. The largest absolute Gasteiger partial charge is 0.420 e. The van der Waals surface area contributed by atoms with Gasteiger partial charge in [-0.2, -0.15) is 21.5 Å². The topological polar surface area (TPSA) is 244 Å². The summed E-state index contributed by atoms with van der Waals surface area (Å²) in [5, 5.41) is 6.36. The molecule has 1 atom stereocenters. The fourth-order valence-electron chi connectivity index (χ4n) is 7.52. The van der Waals surface area contributed by atoms with Gasteiger partial charge in [-0.05, 0) is 94.7 Å². The van der Waals surface area contributed by atoms with Crippen molar-refractivity contribution in [2.75, 3.05) is 39.3 Å². The average molecular weight is 1050 g/mol. The lowest BCUT2D eigenvalue weighted by atomic mass is 9.89. The molecule has 1 fully saturated rings. The van der Waals surface area contributed by atoms with Gasteiger partial charge in [-0.3, -0.25) is 23.7 Å². The molecule has 3 amide bonds. The predicted molar refractivity (Wildman–Crippen MR) is 259 cm³/mol. The lowest BCUT2D eigenvalue weighted by Gasteiger charge is -2.38. The van der Waals surface area contributed by atoms with Crippen LogP contribution in [0.15, 0.2) is 64.0 Å². The summed E-state index contributed by atoms with van der Waals surface area (Å²) in [5.74, 6) is -9.96. The van der Waals surface area contributed by atoms with Crippen LogP contribution in [0.3, 0.4) is 0 Å². The molecule has 0 bridgehead atoms. The number of sulfonamides is 1. The van der Waals surface area contributed by atoms with Crippen molar-refractivity contribution in [3.63, 3.8) is 0 Å². The summed E-state index contributed by atoms with van der Waals surface area (Å²) >= 11 is 0. The molecule has 3 aromatic rings. The molecule has 0 unspecified atom stereocenters. The normalized spacial score (nSPS) is 14.8. The average Bonchev–Trinajstić information content (AvgIpc) is 3.46. The van der Waals surface area contributed by atoms with Crippen molar-refractivity contribution in [3.8, 4) is 28.0 Å². The molecule has 17 nitrogen and oxygen atoms in total. The van der Waals surface area contributed by atoms with Crippen LogP contribution in [0, 0.1) is 45.8 Å². The van der Waals surface area contributed by atoms with Crippen molar-refractivity contribution in [3.05, 3.63) is 82.9 Å². The first-order valence-corrected chi connectivity index (χ1v) is 25.9. The fourth-order valence-corrected chi connectivity index (χ4v) is 9.43. The highest BCUT2D eigenvalue weighted by molar-refractivity contribution is 7.90. The SMILES string of the molecule is CCCN(CCC)C(=O)C1=Cc2ccc(-c3cccc(S(=O)(=O)N4CC(CNC(=O)[C@H](C#CS(=O)(=O)O)NC(=O)CCC(C)(C)OCCC(C)(C)C(=O)Oc5c(F)c(F)cc(F)c5F)C4)c3)cc2N=C(N)C1. The monoisotopic (exact) mass is 1050 g/mol. The lowest BCUT2D eigenvalue weighted by molar-refractivity contribution is -0.146. The number of amidine groups is 1. The Balaban J connectivity index is 1.14. The van der Waals surface area contributed by atoms with E-state index in [4.69, 9.17) is 10.5 Å². The van der Waals surface area contributed by atoms with Gasteiger partial charge in [0.15, 0.2) is 17.7 Å². The first-order valence-electron chi connectivity index (χ1n) is 23.0. The van der Waals surface area contributed by atoms with Crippen LogP contribution in [0.2, 0.25) is 0 Å². The Hall–Kier alpha value is -6.19. The second-order valence-corrected chi connectivity index (χ2v) is 21.7. The summed E-state index contributed by atoms with van der Waals surface area (Å²) in [4.78, 5) is 58.8. The standard InChI is InChI=1S/C49H58F4N6O11S2/c1-7-18-58(19-8-2)46(62)34-22-33-13-12-32(24-39(33)56-40(54)25-34)31-10-9-11-35(23-31)72(67,68)59-28-30(29-59)27-55-45(61)38(15-21-71(64,65)66)57-41(60)14-16-49(5,6)69-20-17-48(3,4)47(63)70-44-42(52)36(50)26-37(51)43(44)53/h9-13,22-24,26,30,38H,7-8,14,16-20,25,27-29H2,1-6H3,(H2,54,56)(H,55,61)(H,57,60)(H,64,65,66)/t38-/m0/s1. The molecule has 5 N–H and O–H groups in total. The van der Waals surface area contributed by atoms with Gasteiger partial charge >= 0.3 is 16.1 Å². The van der Waals surface area contributed by atoms with Gasteiger partial charge in [0.05, 0.1) is 26.9 Å². The summed E-state index contributed by atoms with van der Waals surface area (Å²) in [6, 6.07) is 9.93. The van der Waals surface area contributed by atoms with E-state index in [9.17, 15) is 58.1 Å². The van der Waals surface area contributed by atoms with Crippen molar-refractivity contribution >= 4 is 61.4 Å². The Labute approximate surface area is 416 Å². The minimum atomic E-state index is -4.91. The minimum absolute atomic E-state index is 0.00582. The number of nitrogens with one attached hydrogen (secondary N) is 2. The van der Waals surface area contributed by atoms with Gasteiger partial charge in [0.2, 0.25) is 39.2 Å². The molecule has 0 aromatic heterocycles. The van der Waals surface area contributed by atoms with E-state index >= 15 is 0 Å². The van der Waals surface area contributed by atoms with E-state index < -0.39 is 84.0 Å². The van der Waals surface area contributed by atoms with Crippen molar-refractivity contribution in [2.24, 2.45) is 22.1 Å². The van der Waals surface area contributed by atoms with Crippen LogP contribution in [0.25, 0.3) is 17.2 Å². The molecule has 5 rings (SSSR count). The van der Waals surface area contributed by atoms with Gasteiger partial charge in [-0.25, -0.2) is 22.2 Å². The van der Waals surface area contributed by atoms with Crippen molar-refractivity contribution in [2.45, 2.75) is 96.6 Å². The van der Waals surface area contributed by atoms with Crippen LogP contribution in [0.5, 0.6) is 5.75 Å². The van der Waals surface area contributed by atoms with E-state index in [1.807, 2.05) is 19.8 Å². The molecule has 1 saturated heterocycles. The number of nitrogens with zero attached hydrogens (tertiary/aromatic N) is 3. The summed E-state index contributed by atoms with van der Waals surface area (Å²) in [7, 11) is -8.92. The number of aliphatic imine (C=N–C) groups is 1. The zero-order valence-electron chi connectivity index (χ0n) is 40.6. The molecule has 390 valence electrons. The quantitative estimate of drug-likeness (QED) is 0.0240. The Morgan fingerprint density at radius 2 is 1.57 bits per heavy atom. The van der Waals surface area contributed by atoms with Crippen molar-refractivity contribution < 1.29 is 67.6 Å². The molecule has 0 spiro atoms. The molecular formula is C49H58F4N6O11S2. The maximum Gasteiger partial charge on any atom is 0.335 e. The minimum Gasteiger partial charge on any atom is -0.420 e. The molecule has 0 radical (unpaired) electrons. The highest BCUT2D eigenvalue weighted by Gasteiger charge is 2.38. The number of rotatable bonds is 21. The first kappa shape index (κ1) is 56.7. The van der Waals surface area contributed by atoms with Crippen LogP contribution < -0.4 is 21.1 Å². The van der Waals surface area contributed by atoms with Crippen molar-refractivity contribution in [1.29, 1.82) is 0 Å². The van der Waals surface area contributed by atoms with E-state index in [-0.39, 0.29) is 80.5 Å². The maximum absolute atomic E-state index is 14.1. The molecule has 23 heteroatoms. The van der Waals surface area contributed by atoms with Gasteiger partial charge in [0, 0.05) is 75.3 Å². The maximum atomic E-state index is 14.1. The van der Waals surface area contributed by atoms with E-state index in [1.165, 1.54) is 35.5 Å². The summed E-state index contributed by atoms with van der Waals surface area (Å²) in [6.07, 6.45) is 3.17. The van der Waals surface area contributed by atoms with E-state index in [0.29, 0.717) is 41.0 Å². The molecule has 2 aliphatic heterocycles. The third kappa shape index (κ3) is 14.9. The third-order valence-corrected chi connectivity index (χ3v) is 13.9. The molecule has 0 saturated carbocycles. The number of carbonyl (C=O) groups is 4. The zero-order valence-corrected chi connectivity index (χ0v) is 42.2. The summed E-state index contributed by atoms with van der Waals surface area (Å²) < 4.78 is 127. The number of carbonyl (C=O) groups excluding carboxylic acids is 4. The molecule has 2 aliphatic rings. The van der Waals surface area contributed by atoms with Crippen LogP contribution in [0.4, 0.5) is 23.2 Å². The van der Waals surface area contributed by atoms with Gasteiger partial charge < -0.3 is 30.7 Å². The van der Waals surface area contributed by atoms with Crippen LogP contribution in [-0.2, 0) is 44.1 Å². The number of fused-ring (bicyclic) bond motifs is 1. The van der Waals surface area contributed by atoms with E-state index in [2.05, 4.69) is 20.4 Å². The number of benzene rings is 3. The number of nitrogens with two attached hydrogens (primary N) is 1. The zero-order chi connectivity index (χ0) is 53.3. The number of esters is 1. The number of ether oxygens (including phenoxy) is 2. The highest BCUT2D eigenvalue weighted by atomic mass is 32.2.